The largest absolute Gasteiger partial charge is 0.352 e. The Balaban J connectivity index is 2.02. The highest BCUT2D eigenvalue weighted by Crippen LogP contribution is 2.19. The molecule has 0 aliphatic heterocycles. The van der Waals surface area contributed by atoms with Gasteiger partial charge in [-0.25, -0.2) is 0 Å². The number of nitrogens with zero attached hydrogens (tertiary/aromatic N) is 1. The Morgan fingerprint density at radius 3 is 2.76 bits per heavy atom. The average molecular weight is 288 g/mol. The molecule has 21 heavy (non-hydrogen) atoms. The van der Waals surface area contributed by atoms with Gasteiger partial charge in [0.1, 0.15) is 5.56 Å². The lowest BCUT2D eigenvalue weighted by atomic mass is 9.97. The van der Waals surface area contributed by atoms with E-state index in [1.807, 2.05) is 19.9 Å². The van der Waals surface area contributed by atoms with E-state index < -0.39 is 0 Å². The molecule has 4 nitrogen and oxygen atoms in total. The molecule has 1 N–H and O–H groups in total. The van der Waals surface area contributed by atoms with Crippen LogP contribution in [0.1, 0.15) is 53.7 Å². The molecule has 1 aliphatic rings. The minimum Gasteiger partial charge on any atom is -0.352 e. The van der Waals surface area contributed by atoms with Crippen LogP contribution in [0.15, 0.2) is 22.5 Å². The van der Waals surface area contributed by atoms with E-state index in [2.05, 4.69) is 11.4 Å². The molecule has 0 aromatic carbocycles. The van der Waals surface area contributed by atoms with Crippen LogP contribution in [0.3, 0.4) is 0 Å². The van der Waals surface area contributed by atoms with Crippen molar-refractivity contribution in [3.05, 3.63) is 44.9 Å². The number of carbonyl (C=O) groups is 1. The predicted octanol–water partition coefficient (Wildman–Crippen LogP) is 2.62. The average Bonchev–Trinajstić information content (AvgIpc) is 2.46. The summed E-state index contributed by atoms with van der Waals surface area (Å²) in [5, 5.41) is 2.88. The maximum atomic E-state index is 12.2. The maximum Gasteiger partial charge on any atom is 0.263 e. The zero-order chi connectivity index (χ0) is 15.4. The van der Waals surface area contributed by atoms with E-state index in [1.165, 1.54) is 23.0 Å². The smallest absolute Gasteiger partial charge is 0.263 e. The van der Waals surface area contributed by atoms with Crippen LogP contribution in [0.4, 0.5) is 0 Å². The van der Waals surface area contributed by atoms with Crippen LogP contribution in [0.2, 0.25) is 0 Å². The summed E-state index contributed by atoms with van der Waals surface area (Å²) in [6.07, 6.45) is 7.98. The van der Waals surface area contributed by atoms with E-state index >= 15 is 0 Å². The standard InChI is InChI=1S/C17H24N2O2/c1-12-11-13(2)19(3)17(21)15(12)16(20)18-10-9-14-7-5-4-6-8-14/h7,11H,4-6,8-10H2,1-3H3,(H,18,20). The van der Waals surface area contributed by atoms with Crippen LogP contribution in [0, 0.1) is 13.8 Å². The third-order valence-electron chi connectivity index (χ3n) is 4.21. The van der Waals surface area contributed by atoms with Crippen LogP contribution in [-0.2, 0) is 7.05 Å². The number of rotatable bonds is 4. The number of hydrogen-bond acceptors (Lipinski definition) is 2. The molecule has 2 rings (SSSR count). The predicted molar refractivity (Wildman–Crippen MR) is 84.7 cm³/mol. The highest BCUT2D eigenvalue weighted by molar-refractivity contribution is 5.95. The Morgan fingerprint density at radius 1 is 1.33 bits per heavy atom. The van der Waals surface area contributed by atoms with Gasteiger partial charge in [0.15, 0.2) is 0 Å². The van der Waals surface area contributed by atoms with Gasteiger partial charge in [0, 0.05) is 19.3 Å². The van der Waals surface area contributed by atoms with Gasteiger partial charge in [-0.15, -0.1) is 0 Å². The molecule has 0 saturated heterocycles. The minimum absolute atomic E-state index is 0.220. The fraction of sp³-hybridized carbons (Fsp3) is 0.529. The van der Waals surface area contributed by atoms with Gasteiger partial charge in [-0.3, -0.25) is 9.59 Å². The molecule has 1 amide bonds. The lowest BCUT2D eigenvalue weighted by Gasteiger charge is -2.14. The Bertz CT molecular complexity index is 626. The second-order valence-electron chi connectivity index (χ2n) is 5.82. The first-order chi connectivity index (χ1) is 10.0. The molecule has 1 aromatic heterocycles. The molecule has 0 atom stereocenters. The molecular weight excluding hydrogens is 264 g/mol. The molecule has 114 valence electrons. The highest BCUT2D eigenvalue weighted by Gasteiger charge is 2.16. The van der Waals surface area contributed by atoms with Crippen LogP contribution >= 0.6 is 0 Å². The molecule has 4 heteroatoms. The van der Waals surface area contributed by atoms with Gasteiger partial charge < -0.3 is 9.88 Å². The summed E-state index contributed by atoms with van der Waals surface area (Å²) < 4.78 is 1.52. The van der Waals surface area contributed by atoms with Gasteiger partial charge in [-0.2, -0.15) is 0 Å². The molecule has 0 bridgehead atoms. The maximum absolute atomic E-state index is 12.2. The first kappa shape index (κ1) is 15.5. The van der Waals surface area contributed by atoms with Crippen molar-refractivity contribution in [1.29, 1.82) is 0 Å². The van der Waals surface area contributed by atoms with Crippen molar-refractivity contribution in [1.82, 2.24) is 9.88 Å². The zero-order valence-corrected chi connectivity index (χ0v) is 13.2. The van der Waals surface area contributed by atoms with Crippen molar-refractivity contribution in [2.24, 2.45) is 7.05 Å². The Kier molecular flexibility index (Phi) is 4.99. The van der Waals surface area contributed by atoms with E-state index in [-0.39, 0.29) is 17.0 Å². The quantitative estimate of drug-likeness (QED) is 0.866. The molecule has 0 spiro atoms. The molecular formula is C17H24N2O2. The summed E-state index contributed by atoms with van der Waals surface area (Å²) in [5.74, 6) is -0.260. The first-order valence-corrected chi connectivity index (χ1v) is 7.64. The van der Waals surface area contributed by atoms with Crippen molar-refractivity contribution >= 4 is 5.91 Å². The summed E-state index contributed by atoms with van der Waals surface area (Å²) in [6.45, 7) is 4.28. The van der Waals surface area contributed by atoms with E-state index in [0.29, 0.717) is 6.54 Å². The number of nitrogens with one attached hydrogen (secondary N) is 1. The Morgan fingerprint density at radius 2 is 2.10 bits per heavy atom. The number of hydrogen-bond donors (Lipinski definition) is 1. The minimum atomic E-state index is -0.260. The van der Waals surface area contributed by atoms with Gasteiger partial charge in [0.25, 0.3) is 11.5 Å². The van der Waals surface area contributed by atoms with Gasteiger partial charge in [-0.1, -0.05) is 11.6 Å². The second kappa shape index (κ2) is 6.74. The molecule has 1 aliphatic carbocycles. The highest BCUT2D eigenvalue weighted by atomic mass is 16.2. The van der Waals surface area contributed by atoms with E-state index in [9.17, 15) is 9.59 Å². The van der Waals surface area contributed by atoms with Crippen LogP contribution in [-0.4, -0.2) is 17.0 Å². The Labute approximate surface area is 125 Å². The van der Waals surface area contributed by atoms with Crippen LogP contribution < -0.4 is 10.9 Å². The monoisotopic (exact) mass is 288 g/mol. The fourth-order valence-corrected chi connectivity index (χ4v) is 2.81. The van der Waals surface area contributed by atoms with E-state index in [1.54, 1.807) is 7.05 Å². The number of aryl methyl sites for hydroxylation is 2. The van der Waals surface area contributed by atoms with E-state index in [0.717, 1.165) is 30.5 Å². The van der Waals surface area contributed by atoms with Crippen LogP contribution in [0.25, 0.3) is 0 Å². The number of amides is 1. The summed E-state index contributed by atoms with van der Waals surface area (Å²) in [5.41, 5.74) is 3.07. The summed E-state index contributed by atoms with van der Waals surface area (Å²) in [7, 11) is 1.70. The van der Waals surface area contributed by atoms with Crippen molar-refractivity contribution in [3.8, 4) is 0 Å². The topological polar surface area (TPSA) is 51.1 Å². The lowest BCUT2D eigenvalue weighted by Crippen LogP contribution is -2.34. The number of aromatic nitrogens is 1. The molecule has 0 saturated carbocycles. The summed E-state index contributed by atoms with van der Waals surface area (Å²) in [6, 6.07) is 1.87. The molecule has 0 radical (unpaired) electrons. The van der Waals surface area contributed by atoms with Gasteiger partial charge in [-0.05, 0) is 57.6 Å². The van der Waals surface area contributed by atoms with Gasteiger partial charge in [0.2, 0.25) is 0 Å². The van der Waals surface area contributed by atoms with Crippen molar-refractivity contribution in [2.75, 3.05) is 6.54 Å². The SMILES string of the molecule is Cc1cc(C)n(C)c(=O)c1C(=O)NCCC1=CCCCC1. The molecule has 0 fully saturated rings. The zero-order valence-electron chi connectivity index (χ0n) is 13.2. The first-order valence-electron chi connectivity index (χ1n) is 7.64. The van der Waals surface area contributed by atoms with Crippen molar-refractivity contribution in [3.63, 3.8) is 0 Å². The van der Waals surface area contributed by atoms with Crippen LogP contribution in [0.5, 0.6) is 0 Å². The van der Waals surface area contributed by atoms with Crippen molar-refractivity contribution < 1.29 is 4.79 Å². The molecule has 1 aromatic rings. The van der Waals surface area contributed by atoms with Gasteiger partial charge in [0.05, 0.1) is 0 Å². The third-order valence-corrected chi connectivity index (χ3v) is 4.21. The fourth-order valence-electron chi connectivity index (χ4n) is 2.81. The normalized spacial score (nSPS) is 14.7. The Hall–Kier alpha value is -1.84. The van der Waals surface area contributed by atoms with Crippen molar-refractivity contribution in [2.45, 2.75) is 46.0 Å². The van der Waals surface area contributed by atoms with E-state index in [4.69, 9.17) is 0 Å². The third kappa shape index (κ3) is 3.63. The van der Waals surface area contributed by atoms with Gasteiger partial charge >= 0.3 is 0 Å². The molecule has 0 unspecified atom stereocenters. The second-order valence-corrected chi connectivity index (χ2v) is 5.82. The molecule has 1 heterocycles. The summed E-state index contributed by atoms with van der Waals surface area (Å²) in [4.78, 5) is 24.5. The lowest BCUT2D eigenvalue weighted by molar-refractivity contribution is 0.0951. The number of carbonyl (C=O) groups excluding carboxylic acids is 1. The number of allylic oxidation sites excluding steroid dienone is 1. The summed E-state index contributed by atoms with van der Waals surface area (Å²) >= 11 is 0. The number of pyridine rings is 1.